The van der Waals surface area contributed by atoms with E-state index in [1.165, 1.54) is 0 Å². The number of nitrogens with zero attached hydrogens (tertiary/aromatic N) is 1. The molecule has 0 spiro atoms. The Morgan fingerprint density at radius 3 is 2.75 bits per heavy atom. The van der Waals surface area contributed by atoms with Crippen LogP contribution in [0.1, 0.15) is 19.8 Å². The quantitative estimate of drug-likeness (QED) is 0.685. The first-order valence-electron chi connectivity index (χ1n) is 5.91. The average molecular weight is 244 g/mol. The van der Waals surface area contributed by atoms with Gasteiger partial charge in [-0.05, 0) is 19.8 Å². The van der Waals surface area contributed by atoms with E-state index in [9.17, 15) is 9.90 Å². The van der Waals surface area contributed by atoms with E-state index in [0.29, 0.717) is 25.9 Å². The first-order chi connectivity index (χ1) is 7.58. The van der Waals surface area contributed by atoms with Crippen LogP contribution in [0, 0.1) is 0 Å². The predicted octanol–water partition coefficient (Wildman–Crippen LogP) is 0.0648. The van der Waals surface area contributed by atoms with E-state index >= 15 is 0 Å². The lowest BCUT2D eigenvalue weighted by Crippen LogP contribution is -2.54. The van der Waals surface area contributed by atoms with Gasteiger partial charge in [-0.1, -0.05) is 0 Å². The van der Waals surface area contributed by atoms with Crippen LogP contribution >= 0.6 is 11.8 Å². The van der Waals surface area contributed by atoms with Crippen LogP contribution in [-0.4, -0.2) is 58.7 Å². The van der Waals surface area contributed by atoms with Crippen LogP contribution in [0.5, 0.6) is 0 Å². The largest absolute Gasteiger partial charge is 0.390 e. The molecular formula is C11H20N2O2S. The number of hydrogen-bond acceptors (Lipinski definition) is 4. The van der Waals surface area contributed by atoms with E-state index in [2.05, 4.69) is 5.32 Å². The maximum atomic E-state index is 12.1. The Morgan fingerprint density at radius 1 is 1.50 bits per heavy atom. The number of aliphatic hydroxyl groups is 1. The molecule has 2 aliphatic rings. The van der Waals surface area contributed by atoms with Crippen LogP contribution in [0.2, 0.25) is 0 Å². The summed E-state index contributed by atoms with van der Waals surface area (Å²) in [7, 11) is 0. The lowest BCUT2D eigenvalue weighted by molar-refractivity contribution is -0.136. The van der Waals surface area contributed by atoms with Gasteiger partial charge < -0.3 is 15.3 Å². The molecule has 92 valence electrons. The second-order valence-electron chi connectivity index (χ2n) is 4.90. The van der Waals surface area contributed by atoms with E-state index in [-0.39, 0.29) is 11.9 Å². The number of hydrogen-bond donors (Lipinski definition) is 2. The normalized spacial score (nSPS) is 30.1. The van der Waals surface area contributed by atoms with Gasteiger partial charge in [-0.3, -0.25) is 4.79 Å². The van der Waals surface area contributed by atoms with Gasteiger partial charge in [-0.15, -0.1) is 0 Å². The van der Waals surface area contributed by atoms with Crippen molar-refractivity contribution in [2.24, 2.45) is 0 Å². The van der Waals surface area contributed by atoms with Gasteiger partial charge in [0.2, 0.25) is 5.91 Å². The van der Waals surface area contributed by atoms with Crippen molar-refractivity contribution < 1.29 is 9.90 Å². The van der Waals surface area contributed by atoms with Gasteiger partial charge in [-0.25, -0.2) is 0 Å². The SMILES string of the molecule is CC1(O)CCN(C(=O)C2CSCCN2)CC1. The number of amides is 1. The monoisotopic (exact) mass is 244 g/mol. The first kappa shape index (κ1) is 12.2. The molecule has 0 aliphatic carbocycles. The minimum Gasteiger partial charge on any atom is -0.390 e. The molecule has 0 aromatic rings. The molecule has 2 aliphatic heterocycles. The summed E-state index contributed by atoms with van der Waals surface area (Å²) in [4.78, 5) is 14.0. The fraction of sp³-hybridized carbons (Fsp3) is 0.909. The number of likely N-dealkylation sites (tertiary alicyclic amines) is 1. The Labute approximate surface area is 101 Å². The lowest BCUT2D eigenvalue weighted by atomic mass is 9.93. The van der Waals surface area contributed by atoms with Gasteiger partial charge in [0.25, 0.3) is 0 Å². The van der Waals surface area contributed by atoms with Crippen molar-refractivity contribution >= 4 is 17.7 Å². The number of carbonyl (C=O) groups excluding carboxylic acids is 1. The van der Waals surface area contributed by atoms with Gasteiger partial charge in [-0.2, -0.15) is 11.8 Å². The van der Waals surface area contributed by atoms with Crippen molar-refractivity contribution in [2.75, 3.05) is 31.1 Å². The van der Waals surface area contributed by atoms with Crippen LogP contribution in [0.25, 0.3) is 0 Å². The Kier molecular flexibility index (Phi) is 3.77. The summed E-state index contributed by atoms with van der Waals surface area (Å²) in [5.74, 6) is 2.19. The maximum absolute atomic E-state index is 12.1. The van der Waals surface area contributed by atoms with Crippen LogP contribution in [0.4, 0.5) is 0 Å². The molecule has 1 amide bonds. The molecule has 1 unspecified atom stereocenters. The third kappa shape index (κ3) is 2.90. The summed E-state index contributed by atoms with van der Waals surface area (Å²) < 4.78 is 0. The van der Waals surface area contributed by atoms with Crippen molar-refractivity contribution in [3.05, 3.63) is 0 Å². The Hall–Kier alpha value is -0.260. The molecule has 2 fully saturated rings. The highest BCUT2D eigenvalue weighted by Crippen LogP contribution is 2.22. The molecule has 16 heavy (non-hydrogen) atoms. The van der Waals surface area contributed by atoms with Gasteiger partial charge in [0.05, 0.1) is 11.6 Å². The molecule has 0 saturated carbocycles. The predicted molar refractivity (Wildman–Crippen MR) is 65.6 cm³/mol. The molecule has 2 rings (SSSR count). The third-order valence-corrected chi connectivity index (χ3v) is 4.43. The molecule has 2 heterocycles. The maximum Gasteiger partial charge on any atom is 0.240 e. The number of carbonyl (C=O) groups is 1. The zero-order valence-electron chi connectivity index (χ0n) is 9.74. The molecule has 0 bridgehead atoms. The molecule has 5 heteroatoms. The summed E-state index contributed by atoms with van der Waals surface area (Å²) >= 11 is 1.84. The molecule has 1 atom stereocenters. The molecule has 2 saturated heterocycles. The van der Waals surface area contributed by atoms with Crippen LogP contribution in [-0.2, 0) is 4.79 Å². The highest BCUT2D eigenvalue weighted by molar-refractivity contribution is 7.99. The summed E-state index contributed by atoms with van der Waals surface area (Å²) in [6, 6.07) is -0.0122. The van der Waals surface area contributed by atoms with Crippen molar-refractivity contribution in [2.45, 2.75) is 31.4 Å². The number of rotatable bonds is 1. The van der Waals surface area contributed by atoms with E-state index in [0.717, 1.165) is 18.1 Å². The molecule has 4 nitrogen and oxygen atoms in total. The molecular weight excluding hydrogens is 224 g/mol. The summed E-state index contributed by atoms with van der Waals surface area (Å²) in [6.45, 7) is 4.15. The Bertz CT molecular complexity index is 255. The van der Waals surface area contributed by atoms with E-state index in [1.54, 1.807) is 0 Å². The third-order valence-electron chi connectivity index (χ3n) is 3.37. The summed E-state index contributed by atoms with van der Waals surface area (Å²) in [5.41, 5.74) is -0.578. The van der Waals surface area contributed by atoms with Gasteiger partial charge in [0, 0.05) is 31.1 Å². The second kappa shape index (κ2) is 4.94. The molecule has 0 aromatic carbocycles. The smallest absolute Gasteiger partial charge is 0.240 e. The Morgan fingerprint density at radius 2 is 2.19 bits per heavy atom. The van der Waals surface area contributed by atoms with Gasteiger partial charge in [0.1, 0.15) is 0 Å². The van der Waals surface area contributed by atoms with Crippen molar-refractivity contribution in [1.82, 2.24) is 10.2 Å². The van der Waals surface area contributed by atoms with Crippen molar-refractivity contribution in [1.29, 1.82) is 0 Å². The number of thioether (sulfide) groups is 1. The summed E-state index contributed by atoms with van der Waals surface area (Å²) in [6.07, 6.45) is 1.39. The van der Waals surface area contributed by atoms with E-state index in [4.69, 9.17) is 0 Å². The Balaban J connectivity index is 1.86. The molecule has 0 radical (unpaired) electrons. The summed E-state index contributed by atoms with van der Waals surface area (Å²) in [5, 5.41) is 13.1. The van der Waals surface area contributed by atoms with Crippen molar-refractivity contribution in [3.8, 4) is 0 Å². The molecule has 2 N–H and O–H groups in total. The zero-order valence-corrected chi connectivity index (χ0v) is 10.6. The van der Waals surface area contributed by atoms with Crippen LogP contribution < -0.4 is 5.32 Å². The van der Waals surface area contributed by atoms with E-state index < -0.39 is 5.60 Å². The first-order valence-corrected chi connectivity index (χ1v) is 7.06. The van der Waals surface area contributed by atoms with Gasteiger partial charge in [0.15, 0.2) is 0 Å². The second-order valence-corrected chi connectivity index (χ2v) is 6.05. The minimum atomic E-state index is -0.578. The van der Waals surface area contributed by atoms with Gasteiger partial charge >= 0.3 is 0 Å². The van der Waals surface area contributed by atoms with Crippen LogP contribution in [0.15, 0.2) is 0 Å². The number of piperidine rings is 1. The average Bonchev–Trinajstić information content (AvgIpc) is 2.29. The highest BCUT2D eigenvalue weighted by atomic mass is 32.2. The number of nitrogens with one attached hydrogen (secondary N) is 1. The van der Waals surface area contributed by atoms with Crippen molar-refractivity contribution in [3.63, 3.8) is 0 Å². The van der Waals surface area contributed by atoms with Crippen LogP contribution in [0.3, 0.4) is 0 Å². The van der Waals surface area contributed by atoms with E-state index in [1.807, 2.05) is 23.6 Å². The topological polar surface area (TPSA) is 52.6 Å². The molecule has 0 aromatic heterocycles. The minimum absolute atomic E-state index is 0.0122. The standard InChI is InChI=1S/C11H20N2O2S/c1-11(15)2-5-13(6-3-11)10(14)9-8-16-7-4-12-9/h9,12,15H,2-8H2,1H3. The fourth-order valence-corrected chi connectivity index (χ4v) is 3.08. The highest BCUT2D eigenvalue weighted by Gasteiger charge is 2.32. The fourth-order valence-electron chi connectivity index (χ4n) is 2.15. The lowest BCUT2D eigenvalue weighted by Gasteiger charge is -2.38. The zero-order chi connectivity index (χ0) is 11.6.